The Balaban J connectivity index is 1.49. The molecule has 1 aliphatic heterocycles. The number of hydrogen-bond donors (Lipinski definition) is 0. The zero-order chi connectivity index (χ0) is 14.7. The highest BCUT2D eigenvalue weighted by Crippen LogP contribution is 2.41. The molecule has 1 aliphatic carbocycles. The van der Waals surface area contributed by atoms with Gasteiger partial charge in [-0.25, -0.2) is 4.79 Å². The fraction of sp³-hybridized carbons (Fsp3) is 0.471. The topological polar surface area (TPSA) is 38.8 Å². The predicted octanol–water partition coefficient (Wildman–Crippen LogP) is 3.20. The Hall–Kier alpha value is -1.97. The normalized spacial score (nSPS) is 23.9. The number of amides is 1. The van der Waals surface area contributed by atoms with Crippen molar-refractivity contribution in [3.8, 4) is 0 Å². The van der Waals surface area contributed by atoms with Crippen LogP contribution in [0.4, 0.5) is 4.79 Å². The standard InChI is InChI=1S/C17H21NO3/c1-20-11-14-7-15-9-18(10-16(15)8-14)17(19)21-12-13-5-3-2-4-6-13/h2-6,11,15-16H,7-10,12H2,1H3. The van der Waals surface area contributed by atoms with Gasteiger partial charge in [-0.15, -0.1) is 0 Å². The molecule has 21 heavy (non-hydrogen) atoms. The van der Waals surface area contributed by atoms with Crippen LogP contribution in [0.15, 0.2) is 42.2 Å². The summed E-state index contributed by atoms with van der Waals surface area (Å²) in [6, 6.07) is 9.79. The van der Waals surface area contributed by atoms with Crippen molar-refractivity contribution in [1.82, 2.24) is 4.90 Å². The lowest BCUT2D eigenvalue weighted by molar-refractivity contribution is 0.102. The van der Waals surface area contributed by atoms with Crippen LogP contribution >= 0.6 is 0 Å². The number of carbonyl (C=O) groups excluding carboxylic acids is 1. The van der Waals surface area contributed by atoms with E-state index in [0.717, 1.165) is 31.5 Å². The summed E-state index contributed by atoms with van der Waals surface area (Å²) < 4.78 is 10.5. The van der Waals surface area contributed by atoms with Crippen molar-refractivity contribution in [1.29, 1.82) is 0 Å². The van der Waals surface area contributed by atoms with Gasteiger partial charge >= 0.3 is 6.09 Å². The lowest BCUT2D eigenvalue weighted by Crippen LogP contribution is -2.30. The number of nitrogens with zero attached hydrogens (tertiary/aromatic N) is 1. The zero-order valence-corrected chi connectivity index (χ0v) is 12.3. The molecule has 0 spiro atoms. The van der Waals surface area contributed by atoms with Gasteiger partial charge in [-0.05, 0) is 35.8 Å². The summed E-state index contributed by atoms with van der Waals surface area (Å²) in [5, 5.41) is 0. The molecule has 112 valence electrons. The molecule has 1 saturated carbocycles. The minimum atomic E-state index is -0.189. The molecule has 0 N–H and O–H groups in total. The second kappa shape index (κ2) is 6.20. The average molecular weight is 287 g/mol. The van der Waals surface area contributed by atoms with E-state index in [9.17, 15) is 4.79 Å². The van der Waals surface area contributed by atoms with E-state index in [0.29, 0.717) is 18.4 Å². The minimum absolute atomic E-state index is 0.189. The summed E-state index contributed by atoms with van der Waals surface area (Å²) in [6.07, 6.45) is 3.75. The lowest BCUT2D eigenvalue weighted by Gasteiger charge is -2.17. The number of allylic oxidation sites excluding steroid dienone is 1. The first-order chi connectivity index (χ1) is 10.3. The summed E-state index contributed by atoms with van der Waals surface area (Å²) in [6.45, 7) is 1.96. The van der Waals surface area contributed by atoms with Gasteiger partial charge in [0.25, 0.3) is 0 Å². The van der Waals surface area contributed by atoms with Gasteiger partial charge in [0.15, 0.2) is 0 Å². The molecule has 2 unspecified atom stereocenters. The fourth-order valence-electron chi connectivity index (χ4n) is 3.38. The molecule has 1 aromatic carbocycles. The fourth-order valence-corrected chi connectivity index (χ4v) is 3.38. The number of ether oxygens (including phenoxy) is 2. The Morgan fingerprint density at radius 2 is 1.90 bits per heavy atom. The number of likely N-dealkylation sites (tertiary alicyclic amines) is 1. The van der Waals surface area contributed by atoms with E-state index in [-0.39, 0.29) is 6.09 Å². The smallest absolute Gasteiger partial charge is 0.410 e. The van der Waals surface area contributed by atoms with Crippen LogP contribution in [-0.4, -0.2) is 31.2 Å². The Kier molecular flexibility index (Phi) is 4.13. The maximum Gasteiger partial charge on any atom is 0.410 e. The second-order valence-electron chi connectivity index (χ2n) is 5.89. The van der Waals surface area contributed by atoms with Crippen molar-refractivity contribution in [3.05, 3.63) is 47.7 Å². The maximum atomic E-state index is 12.1. The van der Waals surface area contributed by atoms with E-state index in [2.05, 4.69) is 0 Å². The van der Waals surface area contributed by atoms with Crippen LogP contribution in [0.25, 0.3) is 0 Å². The number of carbonyl (C=O) groups is 1. The predicted molar refractivity (Wildman–Crippen MR) is 79.5 cm³/mol. The molecule has 2 aliphatic rings. The summed E-state index contributed by atoms with van der Waals surface area (Å²) in [7, 11) is 1.69. The van der Waals surface area contributed by atoms with Crippen molar-refractivity contribution < 1.29 is 14.3 Å². The first kappa shape index (κ1) is 14.0. The third kappa shape index (κ3) is 3.20. The monoisotopic (exact) mass is 287 g/mol. The molecule has 3 rings (SSSR count). The van der Waals surface area contributed by atoms with Crippen LogP contribution in [0.2, 0.25) is 0 Å². The van der Waals surface area contributed by atoms with Crippen molar-refractivity contribution in [2.75, 3.05) is 20.2 Å². The van der Waals surface area contributed by atoms with Crippen LogP contribution < -0.4 is 0 Å². The van der Waals surface area contributed by atoms with Gasteiger partial charge in [-0.1, -0.05) is 30.3 Å². The summed E-state index contributed by atoms with van der Waals surface area (Å²) in [4.78, 5) is 14.0. The number of fused-ring (bicyclic) bond motifs is 1. The highest BCUT2D eigenvalue weighted by atomic mass is 16.6. The van der Waals surface area contributed by atoms with E-state index in [1.54, 1.807) is 7.11 Å². The van der Waals surface area contributed by atoms with Crippen LogP contribution in [-0.2, 0) is 16.1 Å². The van der Waals surface area contributed by atoms with E-state index in [1.807, 2.05) is 41.5 Å². The average Bonchev–Trinajstić information content (AvgIpc) is 3.04. The molecule has 4 heteroatoms. The molecule has 2 atom stereocenters. The quantitative estimate of drug-likeness (QED) is 0.801. The molecule has 1 amide bonds. The van der Waals surface area contributed by atoms with Crippen LogP contribution in [0.1, 0.15) is 18.4 Å². The van der Waals surface area contributed by atoms with Crippen LogP contribution in [0.5, 0.6) is 0 Å². The molecule has 2 fully saturated rings. The second-order valence-corrected chi connectivity index (χ2v) is 5.89. The third-order valence-electron chi connectivity index (χ3n) is 4.37. The largest absolute Gasteiger partial charge is 0.504 e. The molecule has 1 saturated heterocycles. The highest BCUT2D eigenvalue weighted by Gasteiger charge is 2.40. The maximum absolute atomic E-state index is 12.1. The number of benzene rings is 1. The highest BCUT2D eigenvalue weighted by molar-refractivity contribution is 5.68. The number of methoxy groups -OCH3 is 1. The zero-order valence-electron chi connectivity index (χ0n) is 12.3. The van der Waals surface area contributed by atoms with E-state index < -0.39 is 0 Å². The molecule has 1 aromatic rings. The van der Waals surface area contributed by atoms with Gasteiger partial charge < -0.3 is 14.4 Å². The summed E-state index contributed by atoms with van der Waals surface area (Å²) in [5.74, 6) is 1.13. The molecule has 1 heterocycles. The Labute approximate surface area is 125 Å². The van der Waals surface area contributed by atoms with Crippen LogP contribution in [0.3, 0.4) is 0 Å². The Bertz CT molecular complexity index is 510. The summed E-state index contributed by atoms with van der Waals surface area (Å²) in [5.41, 5.74) is 2.39. The van der Waals surface area contributed by atoms with Crippen molar-refractivity contribution in [3.63, 3.8) is 0 Å². The number of hydrogen-bond acceptors (Lipinski definition) is 3. The van der Waals surface area contributed by atoms with Gasteiger partial charge in [-0.2, -0.15) is 0 Å². The first-order valence-electron chi connectivity index (χ1n) is 7.42. The van der Waals surface area contributed by atoms with Gasteiger partial charge in [-0.3, -0.25) is 0 Å². The molecular weight excluding hydrogens is 266 g/mol. The molecule has 0 bridgehead atoms. The van der Waals surface area contributed by atoms with Crippen LogP contribution in [0, 0.1) is 11.8 Å². The van der Waals surface area contributed by atoms with Gasteiger partial charge in [0, 0.05) is 13.1 Å². The first-order valence-corrected chi connectivity index (χ1v) is 7.42. The molecule has 0 aromatic heterocycles. The van der Waals surface area contributed by atoms with E-state index in [4.69, 9.17) is 9.47 Å². The third-order valence-corrected chi connectivity index (χ3v) is 4.37. The number of rotatable bonds is 3. The van der Waals surface area contributed by atoms with Crippen molar-refractivity contribution in [2.45, 2.75) is 19.4 Å². The SMILES string of the molecule is COC=C1CC2CN(C(=O)OCc3ccccc3)CC2C1. The molecule has 4 nitrogen and oxygen atoms in total. The van der Waals surface area contributed by atoms with Gasteiger partial charge in [0.1, 0.15) is 6.61 Å². The minimum Gasteiger partial charge on any atom is -0.504 e. The molecule has 0 radical (unpaired) electrons. The van der Waals surface area contributed by atoms with Crippen molar-refractivity contribution in [2.24, 2.45) is 11.8 Å². The van der Waals surface area contributed by atoms with E-state index >= 15 is 0 Å². The van der Waals surface area contributed by atoms with E-state index in [1.165, 1.54) is 5.57 Å². The van der Waals surface area contributed by atoms with Gasteiger partial charge in [0.2, 0.25) is 0 Å². The van der Waals surface area contributed by atoms with Gasteiger partial charge in [0.05, 0.1) is 13.4 Å². The molecular formula is C17H21NO3. The van der Waals surface area contributed by atoms with Crippen molar-refractivity contribution >= 4 is 6.09 Å². The Morgan fingerprint density at radius 3 is 2.52 bits per heavy atom. The lowest BCUT2D eigenvalue weighted by atomic mass is 10.0. The Morgan fingerprint density at radius 1 is 1.24 bits per heavy atom. The summed E-state index contributed by atoms with van der Waals surface area (Å²) >= 11 is 0.